The molecule has 2 aromatic carbocycles. The van der Waals surface area contributed by atoms with E-state index < -0.39 is 30.4 Å². The summed E-state index contributed by atoms with van der Waals surface area (Å²) in [6.07, 6.45) is 1.52. The maximum absolute atomic E-state index is 12.7. The van der Waals surface area contributed by atoms with Crippen LogP contribution >= 0.6 is 23.2 Å². The minimum Gasteiger partial charge on any atom is -0.454 e. The molecule has 3 aromatic rings. The molecule has 1 heterocycles. The molecule has 0 aliphatic carbocycles. The van der Waals surface area contributed by atoms with E-state index in [0.29, 0.717) is 10.6 Å². The van der Waals surface area contributed by atoms with E-state index in [9.17, 15) is 14.4 Å². The second kappa shape index (κ2) is 11.3. The van der Waals surface area contributed by atoms with E-state index in [4.69, 9.17) is 27.9 Å². The third-order valence-corrected chi connectivity index (χ3v) is 4.81. The Kier molecular flexibility index (Phi) is 8.19. The predicted molar refractivity (Wildman–Crippen MR) is 122 cm³/mol. The molecule has 0 bridgehead atoms. The van der Waals surface area contributed by atoms with Crippen LogP contribution in [0.5, 0.6) is 0 Å². The van der Waals surface area contributed by atoms with Gasteiger partial charge in [0.05, 0.1) is 10.0 Å². The molecule has 0 fully saturated rings. The molecule has 164 valence electrons. The van der Waals surface area contributed by atoms with Gasteiger partial charge in [-0.05, 0) is 23.8 Å². The van der Waals surface area contributed by atoms with Crippen molar-refractivity contribution in [1.29, 1.82) is 0 Å². The van der Waals surface area contributed by atoms with Crippen LogP contribution in [0, 0.1) is 0 Å². The molecular formula is C23H19Cl2N3O4. The first-order valence-electron chi connectivity index (χ1n) is 9.60. The predicted octanol–water partition coefficient (Wildman–Crippen LogP) is 3.91. The number of carbonyl (C=O) groups excluding carboxylic acids is 3. The number of pyridine rings is 1. The summed E-state index contributed by atoms with van der Waals surface area (Å²) in [5.74, 6) is -1.72. The highest BCUT2D eigenvalue weighted by molar-refractivity contribution is 6.36. The van der Waals surface area contributed by atoms with Crippen molar-refractivity contribution in [3.8, 4) is 0 Å². The van der Waals surface area contributed by atoms with Crippen LogP contribution in [0.1, 0.15) is 15.9 Å². The number of rotatable bonds is 8. The zero-order chi connectivity index (χ0) is 22.9. The number of carbonyl (C=O) groups is 3. The molecule has 0 spiro atoms. The standard InChI is InChI=1S/C23H19Cl2N3O4/c24-17-12-18(25)21(26-13-17)28-20(29)14-32-23(31)19(11-15-7-3-1-4-8-15)27-22(30)16-9-5-2-6-10-16/h1-10,12-13,19H,11,14H2,(H,27,30)(H,26,28,29)/t19-/m1/s1. The van der Waals surface area contributed by atoms with Crippen molar-refractivity contribution >= 4 is 46.8 Å². The highest BCUT2D eigenvalue weighted by Gasteiger charge is 2.24. The molecule has 0 aliphatic rings. The van der Waals surface area contributed by atoms with Crippen LogP contribution in [-0.4, -0.2) is 35.4 Å². The van der Waals surface area contributed by atoms with E-state index in [1.54, 1.807) is 30.3 Å². The van der Waals surface area contributed by atoms with Crippen molar-refractivity contribution in [2.24, 2.45) is 0 Å². The van der Waals surface area contributed by atoms with Gasteiger partial charge in [0, 0.05) is 18.2 Å². The second-order valence-corrected chi connectivity index (χ2v) is 7.57. The third-order valence-electron chi connectivity index (χ3n) is 4.32. The molecule has 0 unspecified atom stereocenters. The van der Waals surface area contributed by atoms with Crippen LogP contribution in [0.25, 0.3) is 0 Å². The van der Waals surface area contributed by atoms with Crippen LogP contribution in [0.3, 0.4) is 0 Å². The van der Waals surface area contributed by atoms with Crippen molar-refractivity contribution in [1.82, 2.24) is 10.3 Å². The summed E-state index contributed by atoms with van der Waals surface area (Å²) in [6.45, 7) is -0.577. The first-order valence-corrected chi connectivity index (χ1v) is 10.4. The van der Waals surface area contributed by atoms with E-state index >= 15 is 0 Å². The molecule has 32 heavy (non-hydrogen) atoms. The van der Waals surface area contributed by atoms with Gasteiger partial charge in [0.25, 0.3) is 11.8 Å². The summed E-state index contributed by atoms with van der Waals surface area (Å²) < 4.78 is 5.15. The number of nitrogens with zero attached hydrogens (tertiary/aromatic N) is 1. The number of amides is 2. The van der Waals surface area contributed by atoms with E-state index in [1.165, 1.54) is 12.3 Å². The van der Waals surface area contributed by atoms with Gasteiger partial charge in [-0.1, -0.05) is 71.7 Å². The van der Waals surface area contributed by atoms with Gasteiger partial charge in [-0.15, -0.1) is 0 Å². The number of hydrogen-bond donors (Lipinski definition) is 2. The van der Waals surface area contributed by atoms with Gasteiger partial charge in [0.15, 0.2) is 12.4 Å². The number of halogens is 2. The van der Waals surface area contributed by atoms with Gasteiger partial charge < -0.3 is 15.4 Å². The van der Waals surface area contributed by atoms with Crippen molar-refractivity contribution < 1.29 is 19.1 Å². The highest BCUT2D eigenvalue weighted by atomic mass is 35.5. The van der Waals surface area contributed by atoms with Gasteiger partial charge in [-0.2, -0.15) is 0 Å². The van der Waals surface area contributed by atoms with Crippen LogP contribution in [0.15, 0.2) is 72.9 Å². The molecule has 0 radical (unpaired) electrons. The van der Waals surface area contributed by atoms with Crippen LogP contribution < -0.4 is 10.6 Å². The van der Waals surface area contributed by atoms with Crippen LogP contribution in [0.4, 0.5) is 5.82 Å². The zero-order valence-electron chi connectivity index (χ0n) is 16.8. The number of ether oxygens (including phenoxy) is 1. The van der Waals surface area contributed by atoms with E-state index in [1.807, 2.05) is 30.3 Å². The number of anilines is 1. The van der Waals surface area contributed by atoms with Crippen molar-refractivity contribution in [3.05, 3.63) is 94.1 Å². The maximum atomic E-state index is 12.7. The summed E-state index contributed by atoms with van der Waals surface area (Å²) in [5, 5.41) is 5.58. The highest BCUT2D eigenvalue weighted by Crippen LogP contribution is 2.22. The normalized spacial score (nSPS) is 11.3. The van der Waals surface area contributed by atoms with Gasteiger partial charge >= 0.3 is 5.97 Å². The average Bonchev–Trinajstić information content (AvgIpc) is 2.80. The SMILES string of the molecule is O=C(COC(=O)[C@@H](Cc1ccccc1)NC(=O)c1ccccc1)Nc1ncc(Cl)cc1Cl. The summed E-state index contributed by atoms with van der Waals surface area (Å²) in [7, 11) is 0. The fourth-order valence-electron chi connectivity index (χ4n) is 2.79. The molecule has 0 aliphatic heterocycles. The molecule has 3 rings (SSSR count). The molecule has 1 atom stereocenters. The Morgan fingerprint density at radius 2 is 1.62 bits per heavy atom. The van der Waals surface area contributed by atoms with Gasteiger partial charge in [-0.3, -0.25) is 9.59 Å². The Hall–Kier alpha value is -3.42. The lowest BCUT2D eigenvalue weighted by Crippen LogP contribution is -2.44. The van der Waals surface area contributed by atoms with Gasteiger partial charge in [-0.25, -0.2) is 9.78 Å². The molecule has 0 saturated heterocycles. The molecular weight excluding hydrogens is 453 g/mol. The number of benzene rings is 2. The van der Waals surface area contributed by atoms with E-state index in [-0.39, 0.29) is 17.3 Å². The van der Waals surface area contributed by atoms with Crippen molar-refractivity contribution in [3.63, 3.8) is 0 Å². The number of esters is 1. The van der Waals surface area contributed by atoms with Crippen molar-refractivity contribution in [2.75, 3.05) is 11.9 Å². The second-order valence-electron chi connectivity index (χ2n) is 6.72. The Bertz CT molecular complexity index is 1090. The monoisotopic (exact) mass is 471 g/mol. The molecule has 0 saturated carbocycles. The first kappa shape index (κ1) is 23.2. The lowest BCUT2D eigenvalue weighted by Gasteiger charge is -2.18. The van der Waals surface area contributed by atoms with Crippen LogP contribution in [-0.2, 0) is 20.7 Å². The van der Waals surface area contributed by atoms with Crippen LogP contribution in [0.2, 0.25) is 10.0 Å². The fraction of sp³-hybridized carbons (Fsp3) is 0.130. The lowest BCUT2D eigenvalue weighted by molar-refractivity contribution is -0.149. The summed E-state index contributed by atoms with van der Waals surface area (Å²) >= 11 is 11.8. The van der Waals surface area contributed by atoms with Gasteiger partial charge in [0.2, 0.25) is 0 Å². The largest absolute Gasteiger partial charge is 0.454 e. The lowest BCUT2D eigenvalue weighted by atomic mass is 10.1. The Labute approximate surface area is 194 Å². The topological polar surface area (TPSA) is 97.4 Å². The third kappa shape index (κ3) is 6.80. The number of aromatic nitrogens is 1. The average molecular weight is 472 g/mol. The van der Waals surface area contributed by atoms with Crippen molar-refractivity contribution in [2.45, 2.75) is 12.5 Å². The fourth-order valence-corrected chi connectivity index (χ4v) is 3.21. The zero-order valence-corrected chi connectivity index (χ0v) is 18.3. The summed E-state index contributed by atoms with van der Waals surface area (Å²) in [6, 6.07) is 18.1. The Morgan fingerprint density at radius 3 is 2.28 bits per heavy atom. The smallest absolute Gasteiger partial charge is 0.329 e. The minimum atomic E-state index is -0.991. The summed E-state index contributed by atoms with van der Waals surface area (Å²) in [4.78, 5) is 41.4. The maximum Gasteiger partial charge on any atom is 0.329 e. The number of nitrogens with one attached hydrogen (secondary N) is 2. The van der Waals surface area contributed by atoms with Gasteiger partial charge in [0.1, 0.15) is 6.04 Å². The quantitative estimate of drug-likeness (QED) is 0.485. The molecule has 9 heteroatoms. The minimum absolute atomic E-state index is 0.0929. The molecule has 7 nitrogen and oxygen atoms in total. The number of hydrogen-bond acceptors (Lipinski definition) is 5. The van der Waals surface area contributed by atoms with E-state index in [0.717, 1.165) is 5.56 Å². The Balaban J connectivity index is 1.64. The Morgan fingerprint density at radius 1 is 0.969 bits per heavy atom. The van der Waals surface area contributed by atoms with E-state index in [2.05, 4.69) is 15.6 Å². The first-order chi connectivity index (χ1) is 15.4. The molecule has 2 amide bonds. The summed E-state index contributed by atoms with van der Waals surface area (Å²) in [5.41, 5.74) is 1.23. The molecule has 2 N–H and O–H groups in total. The molecule has 1 aromatic heterocycles.